The maximum atomic E-state index is 12.9. The van der Waals surface area contributed by atoms with Gasteiger partial charge >= 0.3 is 0 Å². The number of aromatic nitrogens is 3. The Labute approximate surface area is 154 Å². The molecule has 0 aliphatic carbocycles. The first-order valence-electron chi connectivity index (χ1n) is 7.99. The number of carbonyl (C=O) groups is 1. The number of nitrogens with zero attached hydrogens (tertiary/aromatic N) is 3. The van der Waals surface area contributed by atoms with Crippen molar-refractivity contribution in [2.45, 2.75) is 6.92 Å². The maximum Gasteiger partial charge on any atom is 0.259 e. The fraction of sp³-hybridized carbons (Fsp3) is 0.105. The lowest BCUT2D eigenvalue weighted by atomic mass is 10.1. The summed E-state index contributed by atoms with van der Waals surface area (Å²) < 4.78 is 8.01. The van der Waals surface area contributed by atoms with Crippen LogP contribution in [-0.2, 0) is 0 Å². The van der Waals surface area contributed by atoms with Crippen molar-refractivity contribution >= 4 is 32.6 Å². The van der Waals surface area contributed by atoms with E-state index in [9.17, 15) is 4.79 Å². The van der Waals surface area contributed by atoms with E-state index in [0.717, 1.165) is 27.2 Å². The number of imidazole rings is 1. The lowest BCUT2D eigenvalue weighted by molar-refractivity contribution is 0.102. The Kier molecular flexibility index (Phi) is 4.14. The van der Waals surface area contributed by atoms with Gasteiger partial charge < -0.3 is 9.30 Å². The zero-order valence-corrected chi connectivity index (χ0v) is 15.1. The summed E-state index contributed by atoms with van der Waals surface area (Å²) in [5.41, 5.74) is 3.17. The molecule has 0 fully saturated rings. The van der Waals surface area contributed by atoms with Crippen LogP contribution in [0.15, 0.2) is 55.1 Å². The number of hydrogen-bond donors (Lipinski definition) is 1. The van der Waals surface area contributed by atoms with Gasteiger partial charge in [-0.05, 0) is 37.3 Å². The minimum atomic E-state index is -0.205. The van der Waals surface area contributed by atoms with Gasteiger partial charge in [-0.25, -0.2) is 9.97 Å². The van der Waals surface area contributed by atoms with Crippen molar-refractivity contribution < 1.29 is 9.53 Å². The third-order valence-electron chi connectivity index (χ3n) is 4.00. The summed E-state index contributed by atoms with van der Waals surface area (Å²) in [5, 5.41) is 3.46. The van der Waals surface area contributed by atoms with E-state index < -0.39 is 0 Å². The molecule has 0 atom stereocenters. The number of nitrogens with one attached hydrogen (secondary N) is 1. The highest BCUT2D eigenvalue weighted by atomic mass is 32.1. The van der Waals surface area contributed by atoms with Crippen molar-refractivity contribution in [1.29, 1.82) is 0 Å². The highest BCUT2D eigenvalue weighted by Gasteiger charge is 2.15. The van der Waals surface area contributed by atoms with E-state index >= 15 is 0 Å². The number of benzene rings is 2. The van der Waals surface area contributed by atoms with Crippen LogP contribution >= 0.6 is 11.3 Å². The summed E-state index contributed by atoms with van der Waals surface area (Å²) in [6.45, 7) is 1.96. The van der Waals surface area contributed by atoms with Crippen LogP contribution < -0.4 is 10.1 Å². The largest absolute Gasteiger partial charge is 0.497 e. The van der Waals surface area contributed by atoms with Crippen molar-refractivity contribution in [2.24, 2.45) is 0 Å². The SMILES string of the molecule is COc1ccc2nc(NC(=O)c3cc(C)ccc3-n3ccnc3)sc2c1. The quantitative estimate of drug-likeness (QED) is 0.593. The first kappa shape index (κ1) is 16.3. The molecule has 2 aromatic heterocycles. The number of ether oxygens (including phenoxy) is 1. The molecule has 0 aliphatic rings. The molecule has 2 heterocycles. The first-order valence-corrected chi connectivity index (χ1v) is 8.80. The molecular weight excluding hydrogens is 348 g/mol. The van der Waals surface area contributed by atoms with Crippen LogP contribution in [0.2, 0.25) is 0 Å². The second-order valence-corrected chi connectivity index (χ2v) is 6.83. The van der Waals surface area contributed by atoms with Gasteiger partial charge in [0.25, 0.3) is 5.91 Å². The van der Waals surface area contributed by atoms with Gasteiger partial charge in [0.15, 0.2) is 5.13 Å². The standard InChI is InChI=1S/C19H16N4O2S/c1-12-3-6-16(23-8-7-20-11-23)14(9-12)18(24)22-19-21-15-5-4-13(25-2)10-17(15)26-19/h3-11H,1-2H3,(H,21,22,24). The topological polar surface area (TPSA) is 69.0 Å². The Hall–Kier alpha value is -3.19. The number of anilines is 1. The van der Waals surface area contributed by atoms with Gasteiger partial charge in [0, 0.05) is 12.4 Å². The Morgan fingerprint density at radius 3 is 2.88 bits per heavy atom. The summed E-state index contributed by atoms with van der Waals surface area (Å²) in [6, 6.07) is 11.4. The van der Waals surface area contributed by atoms with E-state index in [4.69, 9.17) is 4.74 Å². The van der Waals surface area contributed by atoms with Gasteiger partial charge in [-0.15, -0.1) is 0 Å². The molecule has 2 aromatic carbocycles. The van der Waals surface area contributed by atoms with E-state index in [0.29, 0.717) is 10.7 Å². The molecule has 0 aliphatic heterocycles. The second kappa shape index (κ2) is 6.61. The zero-order chi connectivity index (χ0) is 18.1. The predicted octanol–water partition coefficient (Wildman–Crippen LogP) is 4.05. The van der Waals surface area contributed by atoms with Crippen molar-refractivity contribution in [1.82, 2.24) is 14.5 Å². The maximum absolute atomic E-state index is 12.9. The molecule has 7 heteroatoms. The Morgan fingerprint density at radius 1 is 1.23 bits per heavy atom. The molecule has 0 radical (unpaired) electrons. The Bertz CT molecular complexity index is 1090. The fourth-order valence-corrected chi connectivity index (χ4v) is 3.60. The summed E-state index contributed by atoms with van der Waals surface area (Å²) in [7, 11) is 1.63. The molecule has 0 spiro atoms. The molecule has 1 amide bonds. The molecule has 0 saturated heterocycles. The van der Waals surface area contributed by atoms with Crippen LogP contribution in [0.5, 0.6) is 5.75 Å². The third kappa shape index (κ3) is 3.04. The van der Waals surface area contributed by atoms with Crippen molar-refractivity contribution in [3.63, 3.8) is 0 Å². The number of thiazole rings is 1. The van der Waals surface area contributed by atoms with Gasteiger partial charge in [0.1, 0.15) is 5.75 Å². The molecule has 6 nitrogen and oxygen atoms in total. The van der Waals surface area contributed by atoms with E-state index in [1.165, 1.54) is 11.3 Å². The number of hydrogen-bond acceptors (Lipinski definition) is 5. The van der Waals surface area contributed by atoms with Crippen LogP contribution in [0, 0.1) is 6.92 Å². The highest BCUT2D eigenvalue weighted by molar-refractivity contribution is 7.22. The summed E-state index contributed by atoms with van der Waals surface area (Å²) in [4.78, 5) is 21.4. The number of rotatable bonds is 4. The summed E-state index contributed by atoms with van der Waals surface area (Å²) >= 11 is 1.42. The van der Waals surface area contributed by atoms with Gasteiger partial charge in [-0.3, -0.25) is 10.1 Å². The number of amides is 1. The smallest absolute Gasteiger partial charge is 0.259 e. The first-order chi connectivity index (χ1) is 12.6. The predicted molar refractivity (Wildman–Crippen MR) is 102 cm³/mol. The van der Waals surface area contributed by atoms with Gasteiger partial charge in [0.2, 0.25) is 0 Å². The fourth-order valence-electron chi connectivity index (χ4n) is 2.71. The minimum absolute atomic E-state index is 0.205. The molecule has 0 unspecified atom stereocenters. The lowest BCUT2D eigenvalue weighted by Gasteiger charge is -2.10. The third-order valence-corrected chi connectivity index (χ3v) is 4.93. The lowest BCUT2D eigenvalue weighted by Crippen LogP contribution is -2.15. The van der Waals surface area contributed by atoms with Crippen LogP contribution in [0.4, 0.5) is 5.13 Å². The Morgan fingerprint density at radius 2 is 2.12 bits per heavy atom. The molecule has 26 heavy (non-hydrogen) atoms. The Balaban J connectivity index is 1.67. The van der Waals surface area contributed by atoms with E-state index in [1.807, 2.05) is 54.1 Å². The molecule has 0 bridgehead atoms. The van der Waals surface area contributed by atoms with Gasteiger partial charge in [-0.1, -0.05) is 23.0 Å². The monoisotopic (exact) mass is 364 g/mol. The van der Waals surface area contributed by atoms with Crippen LogP contribution in [0.25, 0.3) is 15.9 Å². The zero-order valence-electron chi connectivity index (χ0n) is 14.3. The molecule has 0 saturated carbocycles. The average molecular weight is 364 g/mol. The van der Waals surface area contributed by atoms with Crippen molar-refractivity contribution in [2.75, 3.05) is 12.4 Å². The number of carbonyl (C=O) groups excluding carboxylic acids is 1. The van der Waals surface area contributed by atoms with Crippen LogP contribution in [-0.4, -0.2) is 27.6 Å². The molecule has 1 N–H and O–H groups in total. The normalized spacial score (nSPS) is 10.8. The minimum Gasteiger partial charge on any atom is -0.497 e. The van der Waals surface area contributed by atoms with Gasteiger partial charge in [-0.2, -0.15) is 0 Å². The summed E-state index contributed by atoms with van der Waals surface area (Å²) in [5.74, 6) is 0.559. The van der Waals surface area contributed by atoms with E-state index in [1.54, 1.807) is 19.6 Å². The summed E-state index contributed by atoms with van der Waals surface area (Å²) in [6.07, 6.45) is 5.17. The van der Waals surface area contributed by atoms with Crippen LogP contribution in [0.3, 0.4) is 0 Å². The van der Waals surface area contributed by atoms with E-state index in [-0.39, 0.29) is 5.91 Å². The molecule has 4 rings (SSSR count). The second-order valence-electron chi connectivity index (χ2n) is 5.80. The molecule has 130 valence electrons. The number of fused-ring (bicyclic) bond motifs is 1. The number of aryl methyl sites for hydroxylation is 1. The number of methoxy groups -OCH3 is 1. The van der Waals surface area contributed by atoms with Crippen LogP contribution in [0.1, 0.15) is 15.9 Å². The molecule has 4 aromatic rings. The van der Waals surface area contributed by atoms with E-state index in [2.05, 4.69) is 15.3 Å². The molecular formula is C19H16N4O2S. The van der Waals surface area contributed by atoms with Crippen molar-refractivity contribution in [3.8, 4) is 11.4 Å². The van der Waals surface area contributed by atoms with Crippen molar-refractivity contribution in [3.05, 3.63) is 66.2 Å². The highest BCUT2D eigenvalue weighted by Crippen LogP contribution is 2.29. The average Bonchev–Trinajstić information content (AvgIpc) is 3.30. The van der Waals surface area contributed by atoms with Gasteiger partial charge in [0.05, 0.1) is 34.9 Å².